The van der Waals surface area contributed by atoms with Crippen molar-refractivity contribution < 1.29 is 0 Å². The maximum Gasteiger partial charge on any atom is 0.0679 e. The summed E-state index contributed by atoms with van der Waals surface area (Å²) >= 11 is 0. The van der Waals surface area contributed by atoms with Crippen molar-refractivity contribution in [3.8, 4) is 45.2 Å². The minimum atomic E-state index is -0.118. The molecule has 0 aliphatic heterocycles. The minimum absolute atomic E-state index is 0.118. The zero-order chi connectivity index (χ0) is 44.0. The summed E-state index contributed by atoms with van der Waals surface area (Å²) in [5.41, 5.74) is 27.8. The van der Waals surface area contributed by atoms with Crippen LogP contribution in [-0.4, -0.2) is 0 Å². The Kier molecular flexibility index (Phi) is 11.5. The molecule has 0 amide bonds. The van der Waals surface area contributed by atoms with E-state index in [1.807, 2.05) is 32.0 Å². The molecule has 5 aliphatic rings. The second-order valence-corrected chi connectivity index (χ2v) is 18.7. The molecular formula is C63H62. The van der Waals surface area contributed by atoms with E-state index < -0.39 is 0 Å². The third kappa shape index (κ3) is 7.61. The van der Waals surface area contributed by atoms with Gasteiger partial charge in [0.1, 0.15) is 0 Å². The van der Waals surface area contributed by atoms with Crippen LogP contribution in [0.5, 0.6) is 0 Å². The van der Waals surface area contributed by atoms with Gasteiger partial charge in [0.25, 0.3) is 0 Å². The van der Waals surface area contributed by atoms with E-state index in [1.165, 1.54) is 106 Å². The van der Waals surface area contributed by atoms with Gasteiger partial charge in [-0.2, -0.15) is 0 Å². The summed E-state index contributed by atoms with van der Waals surface area (Å²) in [4.78, 5) is 0. The molecule has 0 heteroatoms. The summed E-state index contributed by atoms with van der Waals surface area (Å²) in [6.45, 7) is 20.2. The number of rotatable bonds is 3. The quantitative estimate of drug-likeness (QED) is 0.156. The first-order valence-electron chi connectivity index (χ1n) is 23.5. The molecule has 6 aromatic rings. The predicted octanol–water partition coefficient (Wildman–Crippen LogP) is 16.6. The Bertz CT molecular complexity index is 2940. The molecule has 0 heterocycles. The van der Waals surface area contributed by atoms with E-state index >= 15 is 0 Å². The first-order valence-corrected chi connectivity index (χ1v) is 23.5. The van der Waals surface area contributed by atoms with E-state index in [4.69, 9.17) is 0 Å². The van der Waals surface area contributed by atoms with Crippen molar-refractivity contribution in [2.45, 2.75) is 99.3 Å². The summed E-state index contributed by atoms with van der Waals surface area (Å²) in [6, 6.07) is 45.4. The maximum atomic E-state index is 3.79. The van der Waals surface area contributed by atoms with E-state index in [1.54, 1.807) is 5.57 Å². The number of allylic oxidation sites excluding steroid dienone is 8. The number of fused-ring (bicyclic) bond motifs is 8. The van der Waals surface area contributed by atoms with Crippen LogP contribution in [0.3, 0.4) is 0 Å². The topological polar surface area (TPSA) is 0 Å². The zero-order valence-electron chi connectivity index (χ0n) is 38.9. The normalized spacial score (nSPS) is 19.8. The maximum absolute atomic E-state index is 3.79. The smallest absolute Gasteiger partial charge is 0.0679 e. The Balaban J connectivity index is 0.000000507. The molecule has 6 aromatic carbocycles. The standard InChI is InChI=1S/C54H48.C7H8.C2H6/c1-32-15-19-41(29-49(32)52-33(2)16-22-44-35(4)43-13-9-7-12-40(43)30-50(44)52)42-25-20-37(27-34(42)3)38-21-26-46-48-24-18-36-17-23-47(45-14-10-8-11-39(45)28-36)53(48)54(5,6)51(46)31-38;1-7-5-3-2-4-6-7;1-2/h7,9-10,12-16,18-22,24-27,29,31,35-36,47H,8,11,28,30H2,1-6H3;2-6H,1H3;1-2H3/b24-18-;;. The second kappa shape index (κ2) is 17.2. The summed E-state index contributed by atoms with van der Waals surface area (Å²) < 4.78 is 0. The van der Waals surface area contributed by atoms with Gasteiger partial charge in [0.05, 0.1) is 5.92 Å². The van der Waals surface area contributed by atoms with Gasteiger partial charge in [-0.25, -0.2) is 0 Å². The van der Waals surface area contributed by atoms with E-state index in [0.29, 0.717) is 11.8 Å². The summed E-state index contributed by atoms with van der Waals surface area (Å²) in [6.07, 6.45) is 13.9. The Labute approximate surface area is 378 Å². The van der Waals surface area contributed by atoms with Crippen molar-refractivity contribution in [3.05, 3.63) is 218 Å². The fourth-order valence-electron chi connectivity index (χ4n) is 11.2. The van der Waals surface area contributed by atoms with Gasteiger partial charge in [-0.15, -0.1) is 0 Å². The summed E-state index contributed by atoms with van der Waals surface area (Å²) in [7, 11) is 0. The summed E-state index contributed by atoms with van der Waals surface area (Å²) in [5, 5.41) is 0. The van der Waals surface area contributed by atoms with Crippen LogP contribution in [0, 0.1) is 51.4 Å². The van der Waals surface area contributed by atoms with Gasteiger partial charge >= 0.3 is 0 Å². The predicted molar refractivity (Wildman–Crippen MR) is 270 cm³/mol. The molecular weight excluding hydrogens is 757 g/mol. The van der Waals surface area contributed by atoms with E-state index in [-0.39, 0.29) is 11.3 Å². The van der Waals surface area contributed by atoms with Gasteiger partial charge in [-0.1, -0.05) is 191 Å². The Hall–Kier alpha value is -6.16. The number of hydrogen-bond acceptors (Lipinski definition) is 0. The zero-order valence-corrected chi connectivity index (χ0v) is 38.9. The molecule has 3 unspecified atom stereocenters. The highest BCUT2D eigenvalue weighted by molar-refractivity contribution is 5.90. The van der Waals surface area contributed by atoms with Crippen LogP contribution in [0.25, 0.3) is 39.0 Å². The van der Waals surface area contributed by atoms with E-state index in [0.717, 1.165) is 25.7 Å². The van der Waals surface area contributed by atoms with Gasteiger partial charge in [-0.05, 0) is 166 Å². The SMILES string of the molecule is CC.Cc1cc(-c2ccc3c(c2)C(C)(C)C2=C3/C=C\C3C#CC2C2=C(CCC=C2)C3)ccc1-c1ccc(C)c(-c2c(C)ccc3c2Cc2ccccc2C3C)c1.Cc1ccccc1. The molecule has 0 nitrogen and oxygen atoms in total. The van der Waals surface area contributed by atoms with Crippen molar-refractivity contribution in [2.75, 3.05) is 0 Å². The fraction of sp³-hybridized carbons (Fsp3) is 0.270. The largest absolute Gasteiger partial charge is 0.0944 e. The first-order chi connectivity index (χ1) is 30.6. The molecule has 0 saturated carbocycles. The third-order valence-electron chi connectivity index (χ3n) is 14.5. The Morgan fingerprint density at radius 3 is 2.10 bits per heavy atom. The van der Waals surface area contributed by atoms with Crippen molar-refractivity contribution in [3.63, 3.8) is 0 Å². The van der Waals surface area contributed by atoms with Crippen LogP contribution in [-0.2, 0) is 11.8 Å². The van der Waals surface area contributed by atoms with E-state index in [2.05, 4.69) is 188 Å². The minimum Gasteiger partial charge on any atom is -0.0944 e. The van der Waals surface area contributed by atoms with Gasteiger partial charge < -0.3 is 0 Å². The molecule has 3 atom stereocenters. The van der Waals surface area contributed by atoms with Crippen molar-refractivity contribution in [2.24, 2.45) is 11.8 Å². The highest BCUT2D eigenvalue weighted by Gasteiger charge is 2.43. The van der Waals surface area contributed by atoms with Crippen LogP contribution >= 0.6 is 0 Å². The second-order valence-electron chi connectivity index (χ2n) is 18.7. The van der Waals surface area contributed by atoms with Gasteiger partial charge in [0, 0.05) is 17.3 Å². The molecule has 0 aromatic heterocycles. The Morgan fingerprint density at radius 1 is 0.619 bits per heavy atom. The Morgan fingerprint density at radius 2 is 1.33 bits per heavy atom. The lowest BCUT2D eigenvalue weighted by molar-refractivity contribution is 0.592. The van der Waals surface area contributed by atoms with E-state index in [9.17, 15) is 0 Å². The molecule has 11 rings (SSSR count). The molecule has 2 bridgehead atoms. The average molecular weight is 819 g/mol. The lowest BCUT2D eigenvalue weighted by Crippen LogP contribution is -2.24. The van der Waals surface area contributed by atoms with Crippen molar-refractivity contribution in [1.82, 2.24) is 0 Å². The highest BCUT2D eigenvalue weighted by Crippen LogP contribution is 2.54. The molecule has 5 aliphatic carbocycles. The lowest BCUT2D eigenvalue weighted by Gasteiger charge is -2.31. The average Bonchev–Trinajstić information content (AvgIpc) is 3.40. The lowest BCUT2D eigenvalue weighted by atomic mass is 9.71. The molecule has 0 radical (unpaired) electrons. The van der Waals surface area contributed by atoms with Crippen molar-refractivity contribution in [1.29, 1.82) is 0 Å². The number of aryl methyl sites for hydroxylation is 4. The molecule has 0 fully saturated rings. The van der Waals surface area contributed by atoms with Gasteiger partial charge in [-0.3, -0.25) is 0 Å². The summed E-state index contributed by atoms with van der Waals surface area (Å²) in [5.74, 6) is 8.33. The third-order valence-corrected chi connectivity index (χ3v) is 14.5. The molecule has 0 spiro atoms. The highest BCUT2D eigenvalue weighted by atomic mass is 14.5. The molecule has 0 N–H and O–H groups in total. The molecule has 0 saturated heterocycles. The van der Waals surface area contributed by atoms with Crippen LogP contribution in [0.15, 0.2) is 162 Å². The van der Waals surface area contributed by atoms with Gasteiger partial charge in [0.15, 0.2) is 0 Å². The van der Waals surface area contributed by atoms with Crippen LogP contribution in [0.2, 0.25) is 0 Å². The van der Waals surface area contributed by atoms with Gasteiger partial charge in [0.2, 0.25) is 0 Å². The van der Waals surface area contributed by atoms with Crippen LogP contribution in [0.1, 0.15) is 115 Å². The number of benzene rings is 6. The van der Waals surface area contributed by atoms with Crippen molar-refractivity contribution >= 4 is 5.57 Å². The molecule has 314 valence electrons. The first kappa shape index (κ1) is 42.2. The fourth-order valence-corrected chi connectivity index (χ4v) is 11.2. The molecule has 63 heavy (non-hydrogen) atoms. The monoisotopic (exact) mass is 818 g/mol. The number of hydrogen-bond donors (Lipinski definition) is 0. The van der Waals surface area contributed by atoms with Crippen LogP contribution in [0.4, 0.5) is 0 Å². The van der Waals surface area contributed by atoms with Crippen LogP contribution < -0.4 is 0 Å².